The summed E-state index contributed by atoms with van der Waals surface area (Å²) < 4.78 is 1.90. The maximum absolute atomic E-state index is 5.88. The summed E-state index contributed by atoms with van der Waals surface area (Å²) in [5.41, 5.74) is 4.88. The molecule has 0 atom stereocenters. The molecule has 0 unspecified atom stereocenters. The molecule has 6 nitrogen and oxygen atoms in total. The quantitative estimate of drug-likeness (QED) is 0.432. The molecule has 2 heterocycles. The number of nitrogens with zero attached hydrogens (tertiary/aromatic N) is 4. The van der Waals surface area contributed by atoms with Crippen LogP contribution in [0.4, 0.5) is 5.82 Å². The van der Waals surface area contributed by atoms with E-state index in [1.807, 2.05) is 34.9 Å². The van der Waals surface area contributed by atoms with Crippen LogP contribution in [0.5, 0.6) is 0 Å². The van der Waals surface area contributed by atoms with Crippen molar-refractivity contribution in [2.75, 3.05) is 5.43 Å². The Morgan fingerprint density at radius 2 is 2.00 bits per heavy atom. The van der Waals surface area contributed by atoms with Gasteiger partial charge in [-0.05, 0) is 17.2 Å². The average molecular weight is 275 g/mol. The Bertz CT molecular complexity index is 709. The molecule has 19 heavy (non-hydrogen) atoms. The van der Waals surface area contributed by atoms with Crippen molar-refractivity contribution < 1.29 is 0 Å². The lowest BCUT2D eigenvalue weighted by molar-refractivity contribution is 0.813. The fraction of sp³-hybridized carbons (Fsp3) is 0.0833. The second-order valence-electron chi connectivity index (χ2n) is 4.02. The Balaban J connectivity index is 2.08. The van der Waals surface area contributed by atoms with Crippen molar-refractivity contribution in [3.63, 3.8) is 0 Å². The number of fused-ring (bicyclic) bond motifs is 1. The van der Waals surface area contributed by atoms with Gasteiger partial charge in [0.05, 0.1) is 12.9 Å². The number of rotatable bonds is 3. The van der Waals surface area contributed by atoms with Crippen molar-refractivity contribution in [3.8, 4) is 0 Å². The van der Waals surface area contributed by atoms with Gasteiger partial charge in [0, 0.05) is 0 Å². The third-order valence-electron chi connectivity index (χ3n) is 2.77. The van der Waals surface area contributed by atoms with E-state index in [0.29, 0.717) is 23.5 Å². The Morgan fingerprint density at radius 1 is 1.21 bits per heavy atom. The molecule has 0 aliphatic heterocycles. The molecule has 3 aromatic rings. The van der Waals surface area contributed by atoms with Gasteiger partial charge in [-0.15, -0.1) is 0 Å². The van der Waals surface area contributed by atoms with E-state index >= 15 is 0 Å². The summed E-state index contributed by atoms with van der Waals surface area (Å²) in [6.07, 6.45) is 1.70. The second kappa shape index (κ2) is 4.83. The fourth-order valence-corrected chi connectivity index (χ4v) is 2.08. The van der Waals surface area contributed by atoms with E-state index in [4.69, 9.17) is 17.4 Å². The minimum Gasteiger partial charge on any atom is -0.311 e. The lowest BCUT2D eigenvalue weighted by atomic mass is 10.2. The van der Waals surface area contributed by atoms with Crippen LogP contribution in [0.2, 0.25) is 5.28 Å². The molecule has 0 fully saturated rings. The van der Waals surface area contributed by atoms with E-state index in [0.717, 1.165) is 5.56 Å². The lowest BCUT2D eigenvalue weighted by Gasteiger charge is -2.05. The van der Waals surface area contributed by atoms with Crippen molar-refractivity contribution >= 4 is 28.6 Å². The molecule has 96 valence electrons. The number of nitrogens with two attached hydrogens (primary N) is 1. The topological polar surface area (TPSA) is 81.7 Å². The van der Waals surface area contributed by atoms with Crippen molar-refractivity contribution in [2.45, 2.75) is 6.54 Å². The van der Waals surface area contributed by atoms with E-state index in [2.05, 4.69) is 20.4 Å². The van der Waals surface area contributed by atoms with Crippen LogP contribution in [0.25, 0.3) is 11.2 Å². The number of nitrogens with one attached hydrogen (secondary N) is 1. The number of anilines is 1. The molecule has 3 rings (SSSR count). The summed E-state index contributed by atoms with van der Waals surface area (Å²) in [6.45, 7) is 0.661. The fourth-order valence-electron chi connectivity index (χ4n) is 1.91. The van der Waals surface area contributed by atoms with E-state index < -0.39 is 0 Å². The average Bonchev–Trinajstić information content (AvgIpc) is 2.82. The van der Waals surface area contributed by atoms with Crippen LogP contribution in [0.15, 0.2) is 36.7 Å². The van der Waals surface area contributed by atoms with Gasteiger partial charge in [0.2, 0.25) is 5.28 Å². The summed E-state index contributed by atoms with van der Waals surface area (Å²) in [7, 11) is 0. The van der Waals surface area contributed by atoms with Gasteiger partial charge in [0.15, 0.2) is 17.0 Å². The molecule has 0 spiro atoms. The molecule has 2 aromatic heterocycles. The summed E-state index contributed by atoms with van der Waals surface area (Å²) in [4.78, 5) is 12.4. The van der Waals surface area contributed by atoms with E-state index in [1.165, 1.54) is 0 Å². The van der Waals surface area contributed by atoms with Crippen LogP contribution in [0.1, 0.15) is 5.56 Å². The van der Waals surface area contributed by atoms with Gasteiger partial charge in [-0.25, -0.2) is 10.8 Å². The largest absolute Gasteiger partial charge is 0.311 e. The number of hydrogen-bond donors (Lipinski definition) is 2. The third-order valence-corrected chi connectivity index (χ3v) is 2.94. The minimum absolute atomic E-state index is 0.135. The highest BCUT2D eigenvalue weighted by Gasteiger charge is 2.11. The van der Waals surface area contributed by atoms with Crippen molar-refractivity contribution in [1.82, 2.24) is 19.5 Å². The molecule has 0 amide bonds. The van der Waals surface area contributed by atoms with Gasteiger partial charge in [0.1, 0.15) is 0 Å². The van der Waals surface area contributed by atoms with Crippen molar-refractivity contribution in [1.29, 1.82) is 0 Å². The normalized spacial score (nSPS) is 10.8. The SMILES string of the molecule is NNc1nc(Cl)nc2c1ncn2Cc1ccccc1. The first-order valence-electron chi connectivity index (χ1n) is 5.67. The standard InChI is InChI=1S/C12H11ClN6/c13-12-16-10(18-14)9-11(17-12)19(7-15-9)6-8-4-2-1-3-5-8/h1-5,7H,6,14H2,(H,16,17,18). The molecule has 7 heteroatoms. The van der Waals surface area contributed by atoms with Crippen molar-refractivity contribution in [3.05, 3.63) is 47.5 Å². The molecule has 3 N–H and O–H groups in total. The highest BCUT2D eigenvalue weighted by atomic mass is 35.5. The number of benzene rings is 1. The molecule has 0 aliphatic carbocycles. The number of aromatic nitrogens is 4. The highest BCUT2D eigenvalue weighted by molar-refractivity contribution is 6.28. The number of halogens is 1. The third kappa shape index (κ3) is 2.23. The van der Waals surface area contributed by atoms with Gasteiger partial charge >= 0.3 is 0 Å². The van der Waals surface area contributed by atoms with Gasteiger partial charge in [-0.1, -0.05) is 30.3 Å². The first-order valence-corrected chi connectivity index (χ1v) is 6.04. The van der Waals surface area contributed by atoms with E-state index in [1.54, 1.807) is 6.33 Å². The molecule has 0 saturated carbocycles. The molecular weight excluding hydrogens is 264 g/mol. The Kier molecular flexibility index (Phi) is 3.02. The van der Waals surface area contributed by atoms with Gasteiger partial charge < -0.3 is 9.99 Å². The minimum atomic E-state index is 0.135. The predicted octanol–water partition coefficient (Wildman–Crippen LogP) is 1.81. The van der Waals surface area contributed by atoms with Crippen LogP contribution in [0, 0.1) is 0 Å². The number of hydrazine groups is 1. The first-order chi connectivity index (χ1) is 9.28. The van der Waals surface area contributed by atoms with Crippen molar-refractivity contribution in [2.24, 2.45) is 5.84 Å². The second-order valence-corrected chi connectivity index (χ2v) is 4.35. The highest BCUT2D eigenvalue weighted by Crippen LogP contribution is 2.20. The monoisotopic (exact) mass is 274 g/mol. The Hall–Kier alpha value is -2.18. The Labute approximate surface area is 114 Å². The van der Waals surface area contributed by atoms with Crippen LogP contribution in [-0.2, 0) is 6.54 Å². The smallest absolute Gasteiger partial charge is 0.226 e. The Morgan fingerprint density at radius 3 is 2.74 bits per heavy atom. The van der Waals surface area contributed by atoms with Gasteiger partial charge in [-0.2, -0.15) is 9.97 Å². The summed E-state index contributed by atoms with van der Waals surface area (Å²) >= 11 is 5.88. The molecule has 0 radical (unpaired) electrons. The van der Waals surface area contributed by atoms with Crippen LogP contribution < -0.4 is 11.3 Å². The van der Waals surface area contributed by atoms with Crippen LogP contribution >= 0.6 is 11.6 Å². The lowest BCUT2D eigenvalue weighted by Crippen LogP contribution is -2.10. The van der Waals surface area contributed by atoms with E-state index in [-0.39, 0.29) is 5.28 Å². The zero-order valence-electron chi connectivity index (χ0n) is 9.92. The van der Waals surface area contributed by atoms with Gasteiger partial charge in [0.25, 0.3) is 0 Å². The zero-order valence-corrected chi connectivity index (χ0v) is 10.7. The molecule has 0 bridgehead atoms. The molecule has 1 aromatic carbocycles. The van der Waals surface area contributed by atoms with Crippen LogP contribution in [0.3, 0.4) is 0 Å². The molecule has 0 saturated heterocycles. The summed E-state index contributed by atoms with van der Waals surface area (Å²) in [5, 5.41) is 0.135. The molecular formula is C12H11ClN6. The zero-order chi connectivity index (χ0) is 13.2. The van der Waals surface area contributed by atoms with Crippen LogP contribution in [-0.4, -0.2) is 19.5 Å². The van der Waals surface area contributed by atoms with E-state index in [9.17, 15) is 0 Å². The summed E-state index contributed by atoms with van der Waals surface area (Å²) in [5.74, 6) is 5.82. The predicted molar refractivity (Wildman–Crippen MR) is 73.7 cm³/mol. The first kappa shape index (κ1) is 11.9. The van der Waals surface area contributed by atoms with Gasteiger partial charge in [-0.3, -0.25) is 0 Å². The maximum Gasteiger partial charge on any atom is 0.226 e. The number of hydrogen-bond acceptors (Lipinski definition) is 5. The maximum atomic E-state index is 5.88. The number of nitrogen functional groups attached to an aromatic ring is 1. The number of imidazole rings is 1. The summed E-state index contributed by atoms with van der Waals surface area (Å²) in [6, 6.07) is 10.0. The molecule has 0 aliphatic rings.